The summed E-state index contributed by atoms with van der Waals surface area (Å²) in [5.74, 6) is 0.690. The van der Waals surface area contributed by atoms with Gasteiger partial charge in [0.2, 0.25) is 0 Å². The zero-order valence-electron chi connectivity index (χ0n) is 12.4. The van der Waals surface area contributed by atoms with Crippen molar-refractivity contribution in [2.45, 2.75) is 6.92 Å². The van der Waals surface area contributed by atoms with Crippen LogP contribution in [-0.4, -0.2) is 15.9 Å². The maximum absolute atomic E-state index is 6.40. The number of aryl methyl sites for hydroxylation is 1. The number of anilines is 3. The number of nitrogens with two attached hydrogens (primary N) is 1. The third-order valence-corrected chi connectivity index (χ3v) is 4.15. The lowest BCUT2D eigenvalue weighted by molar-refractivity contribution is 1.05. The second-order valence-corrected chi connectivity index (χ2v) is 5.82. The minimum absolute atomic E-state index is 0.643. The lowest BCUT2D eigenvalue weighted by Gasteiger charge is -2.12. The summed E-state index contributed by atoms with van der Waals surface area (Å²) in [4.78, 5) is 4.83. The number of aliphatic imine (C=N–C) groups is 1. The van der Waals surface area contributed by atoms with E-state index in [4.69, 9.17) is 22.3 Å². The molecule has 0 aliphatic carbocycles. The topological polar surface area (TPSA) is 79.1 Å². The fourth-order valence-corrected chi connectivity index (χ4v) is 2.90. The van der Waals surface area contributed by atoms with E-state index < -0.39 is 0 Å². The zero-order chi connectivity index (χ0) is 16.0. The molecule has 1 aromatic heterocycles. The minimum atomic E-state index is 0.643. The molecule has 5 nitrogen and oxygen atoms in total. The van der Waals surface area contributed by atoms with E-state index in [9.17, 15) is 0 Å². The predicted octanol–water partition coefficient (Wildman–Crippen LogP) is 4.18. The number of nitrogen functional groups attached to an aromatic ring is 1. The van der Waals surface area contributed by atoms with Crippen molar-refractivity contribution in [1.82, 2.24) is 10.2 Å². The minimum Gasteiger partial charge on any atom is -0.399 e. The normalized spacial score (nSPS) is 12.7. The number of nitrogens with zero attached hydrogens (tertiary/aromatic N) is 2. The molecule has 6 heteroatoms. The van der Waals surface area contributed by atoms with Crippen LogP contribution in [0.3, 0.4) is 0 Å². The third-order valence-electron chi connectivity index (χ3n) is 3.82. The van der Waals surface area contributed by atoms with Crippen molar-refractivity contribution in [2.75, 3.05) is 11.1 Å². The molecule has 3 aromatic rings. The molecule has 2 heterocycles. The molecular weight excluding hydrogens is 310 g/mol. The van der Waals surface area contributed by atoms with Gasteiger partial charge in [-0.2, -0.15) is 5.10 Å². The zero-order valence-corrected chi connectivity index (χ0v) is 13.1. The van der Waals surface area contributed by atoms with Gasteiger partial charge in [0.15, 0.2) is 5.82 Å². The Hall–Kier alpha value is -2.79. The summed E-state index contributed by atoms with van der Waals surface area (Å²) in [6.45, 7) is 1.94. The fourth-order valence-electron chi connectivity index (χ4n) is 2.67. The molecule has 2 aromatic carbocycles. The van der Waals surface area contributed by atoms with Crippen molar-refractivity contribution in [2.24, 2.45) is 4.99 Å². The van der Waals surface area contributed by atoms with E-state index in [1.807, 2.05) is 49.4 Å². The van der Waals surface area contributed by atoms with E-state index in [0.29, 0.717) is 16.5 Å². The smallest absolute Gasteiger partial charge is 0.178 e. The Labute approximate surface area is 138 Å². The van der Waals surface area contributed by atoms with E-state index in [-0.39, 0.29) is 0 Å². The second kappa shape index (κ2) is 5.14. The second-order valence-electron chi connectivity index (χ2n) is 5.42. The largest absolute Gasteiger partial charge is 0.399 e. The van der Waals surface area contributed by atoms with Crippen LogP contribution in [0, 0.1) is 6.92 Å². The van der Waals surface area contributed by atoms with Crippen molar-refractivity contribution in [1.29, 1.82) is 0 Å². The van der Waals surface area contributed by atoms with Gasteiger partial charge in [-0.05, 0) is 31.2 Å². The van der Waals surface area contributed by atoms with E-state index >= 15 is 0 Å². The van der Waals surface area contributed by atoms with E-state index in [1.54, 1.807) is 0 Å². The Balaban J connectivity index is 2.05. The molecule has 0 amide bonds. The highest BCUT2D eigenvalue weighted by Crippen LogP contribution is 2.37. The lowest BCUT2D eigenvalue weighted by atomic mass is 10.00. The van der Waals surface area contributed by atoms with Gasteiger partial charge >= 0.3 is 0 Å². The van der Waals surface area contributed by atoms with Gasteiger partial charge in [0, 0.05) is 27.5 Å². The van der Waals surface area contributed by atoms with Crippen molar-refractivity contribution in [3.05, 3.63) is 64.3 Å². The number of fused-ring (bicyclic) bond motifs is 2. The van der Waals surface area contributed by atoms with Crippen molar-refractivity contribution in [3.63, 3.8) is 0 Å². The van der Waals surface area contributed by atoms with Crippen LogP contribution >= 0.6 is 11.6 Å². The van der Waals surface area contributed by atoms with Crippen molar-refractivity contribution in [3.8, 4) is 0 Å². The summed E-state index contributed by atoms with van der Waals surface area (Å²) in [6, 6.07) is 13.3. The van der Waals surface area contributed by atoms with Gasteiger partial charge in [-0.3, -0.25) is 5.10 Å². The van der Waals surface area contributed by atoms with Gasteiger partial charge < -0.3 is 11.1 Å². The molecular formula is C17H14ClN5. The molecule has 0 spiro atoms. The molecule has 4 N–H and O–H groups in total. The van der Waals surface area contributed by atoms with Crippen molar-refractivity contribution >= 4 is 40.2 Å². The Kier molecular flexibility index (Phi) is 3.09. The number of hydrogen-bond donors (Lipinski definition) is 3. The molecule has 1 aliphatic heterocycles. The van der Waals surface area contributed by atoms with Crippen LogP contribution in [0.1, 0.15) is 16.8 Å². The molecule has 114 valence electrons. The number of hydrogen-bond acceptors (Lipinski definition) is 4. The maximum atomic E-state index is 6.40. The monoisotopic (exact) mass is 323 g/mol. The molecule has 0 atom stereocenters. The number of aromatic nitrogens is 2. The Bertz CT molecular complexity index is 942. The molecule has 4 rings (SSSR count). The average molecular weight is 324 g/mol. The number of benzene rings is 2. The highest BCUT2D eigenvalue weighted by molar-refractivity contribution is 6.36. The van der Waals surface area contributed by atoms with Crippen molar-refractivity contribution < 1.29 is 0 Å². The Morgan fingerprint density at radius 3 is 2.74 bits per heavy atom. The first kappa shape index (κ1) is 13.8. The summed E-state index contributed by atoms with van der Waals surface area (Å²) in [7, 11) is 0. The molecule has 23 heavy (non-hydrogen) atoms. The molecule has 0 fully saturated rings. The summed E-state index contributed by atoms with van der Waals surface area (Å²) in [6.07, 6.45) is 0. The van der Waals surface area contributed by atoms with Crippen LogP contribution in [0.4, 0.5) is 22.9 Å². The first-order valence-electron chi connectivity index (χ1n) is 7.19. The summed E-state index contributed by atoms with van der Waals surface area (Å²) >= 11 is 6.40. The quantitative estimate of drug-likeness (QED) is 0.460. The van der Waals surface area contributed by atoms with E-state index in [2.05, 4.69) is 15.5 Å². The number of halogens is 1. The van der Waals surface area contributed by atoms with Gasteiger partial charge in [0.05, 0.1) is 11.4 Å². The number of aromatic amines is 1. The van der Waals surface area contributed by atoms with Crippen LogP contribution in [0.25, 0.3) is 0 Å². The average Bonchev–Trinajstić information content (AvgIpc) is 2.79. The maximum Gasteiger partial charge on any atom is 0.178 e. The Morgan fingerprint density at radius 1 is 1.09 bits per heavy atom. The van der Waals surface area contributed by atoms with Crippen LogP contribution in [0.15, 0.2) is 47.5 Å². The first-order chi connectivity index (χ1) is 11.1. The van der Waals surface area contributed by atoms with Crippen LogP contribution in [0.2, 0.25) is 5.02 Å². The summed E-state index contributed by atoms with van der Waals surface area (Å²) < 4.78 is 0. The van der Waals surface area contributed by atoms with Crippen LogP contribution < -0.4 is 11.1 Å². The third kappa shape index (κ3) is 2.26. The van der Waals surface area contributed by atoms with E-state index in [1.165, 1.54) is 0 Å². The van der Waals surface area contributed by atoms with Crippen LogP contribution in [-0.2, 0) is 0 Å². The van der Waals surface area contributed by atoms with Gasteiger partial charge in [0.25, 0.3) is 0 Å². The molecule has 1 aliphatic rings. The first-order valence-corrected chi connectivity index (χ1v) is 7.57. The summed E-state index contributed by atoms with van der Waals surface area (Å²) in [5.41, 5.74) is 11.7. The van der Waals surface area contributed by atoms with Gasteiger partial charge in [0.1, 0.15) is 5.69 Å². The number of nitrogens with one attached hydrogen (secondary N) is 2. The standard InChI is InChI=1S/C17H14ClN5/c1-9-15-17(23-22-9)20-14-7-6-10(19)8-12(14)16(21-15)11-4-2-3-5-13(11)18/h2-8H,19H2,1H3,(H2,20,22,23). The van der Waals surface area contributed by atoms with Gasteiger partial charge in [-0.1, -0.05) is 29.8 Å². The molecule has 0 bridgehead atoms. The van der Waals surface area contributed by atoms with E-state index in [0.717, 1.165) is 33.9 Å². The Morgan fingerprint density at radius 2 is 1.91 bits per heavy atom. The van der Waals surface area contributed by atoms with Crippen LogP contribution in [0.5, 0.6) is 0 Å². The molecule has 0 saturated heterocycles. The van der Waals surface area contributed by atoms with Gasteiger partial charge in [-0.15, -0.1) is 0 Å². The fraction of sp³-hybridized carbons (Fsp3) is 0.0588. The summed E-state index contributed by atoms with van der Waals surface area (Å²) in [5, 5.41) is 11.2. The van der Waals surface area contributed by atoms with Gasteiger partial charge in [-0.25, -0.2) is 4.99 Å². The lowest BCUT2D eigenvalue weighted by Crippen LogP contribution is -2.06. The predicted molar refractivity (Wildman–Crippen MR) is 94.2 cm³/mol. The molecule has 0 radical (unpaired) electrons. The number of H-pyrrole nitrogens is 1. The number of rotatable bonds is 1. The highest BCUT2D eigenvalue weighted by atomic mass is 35.5. The molecule has 0 unspecified atom stereocenters. The SMILES string of the molecule is Cc1[nH]nc2c1N=C(c1ccccc1Cl)c1cc(N)ccc1N2. The highest BCUT2D eigenvalue weighted by Gasteiger charge is 2.22. The molecule has 0 saturated carbocycles.